The molecule has 1 fully saturated rings. The summed E-state index contributed by atoms with van der Waals surface area (Å²) in [4.78, 5) is 28.4. The van der Waals surface area contributed by atoms with E-state index in [1.807, 2.05) is 0 Å². The molecule has 166 valence electrons. The Labute approximate surface area is 191 Å². The zero-order chi connectivity index (χ0) is 22.8. The number of fused-ring (bicyclic) bond motifs is 2. The standard InChI is InChI=1S/C22H18BrNO7S/c1-30-16-9-11(8-14(23)20(16)26)18-17-19(25)13-4-2-3-5-15(13)31-21(17)22(27)24(18)12-6-7-32(28,29)10-12/h2-5,8-9,12,18,26H,6-7,10H2,1H3/t12-,18+/m0/s1. The van der Waals surface area contributed by atoms with Crippen LogP contribution in [0.3, 0.4) is 0 Å². The van der Waals surface area contributed by atoms with Crippen molar-refractivity contribution >= 4 is 42.6 Å². The number of sulfone groups is 1. The van der Waals surface area contributed by atoms with Crippen LogP contribution in [0.25, 0.3) is 11.0 Å². The van der Waals surface area contributed by atoms with E-state index in [0.717, 1.165) is 0 Å². The summed E-state index contributed by atoms with van der Waals surface area (Å²) >= 11 is 3.29. The van der Waals surface area contributed by atoms with Crippen LogP contribution >= 0.6 is 15.9 Å². The molecule has 8 nitrogen and oxygen atoms in total. The lowest BCUT2D eigenvalue weighted by Crippen LogP contribution is -2.40. The minimum Gasteiger partial charge on any atom is -0.503 e. The maximum atomic E-state index is 13.5. The minimum absolute atomic E-state index is 0.0313. The molecule has 1 N–H and O–H groups in total. The Kier molecular flexibility index (Phi) is 4.82. The minimum atomic E-state index is -3.30. The van der Waals surface area contributed by atoms with Crippen molar-refractivity contribution in [3.8, 4) is 11.5 Å². The van der Waals surface area contributed by atoms with Crippen LogP contribution < -0.4 is 10.2 Å². The molecule has 5 rings (SSSR count). The fourth-order valence-electron chi connectivity index (χ4n) is 4.54. The number of ether oxygens (including phenoxy) is 1. The summed E-state index contributed by atoms with van der Waals surface area (Å²) in [5.41, 5.74) is 0.573. The zero-order valence-corrected chi connectivity index (χ0v) is 19.3. The Hall–Kier alpha value is -2.85. The van der Waals surface area contributed by atoms with E-state index in [9.17, 15) is 23.1 Å². The molecule has 1 amide bonds. The van der Waals surface area contributed by atoms with Gasteiger partial charge in [0.25, 0.3) is 5.91 Å². The van der Waals surface area contributed by atoms with E-state index in [4.69, 9.17) is 9.15 Å². The summed E-state index contributed by atoms with van der Waals surface area (Å²) in [5, 5.41) is 10.6. The summed E-state index contributed by atoms with van der Waals surface area (Å²) < 4.78 is 35.8. The molecule has 0 radical (unpaired) electrons. The molecule has 3 aromatic rings. The molecule has 2 atom stereocenters. The average Bonchev–Trinajstić information content (AvgIpc) is 3.26. The van der Waals surface area contributed by atoms with Crippen molar-refractivity contribution in [1.29, 1.82) is 0 Å². The van der Waals surface area contributed by atoms with Gasteiger partial charge < -0.3 is 19.2 Å². The summed E-state index contributed by atoms with van der Waals surface area (Å²) in [7, 11) is -1.91. The van der Waals surface area contributed by atoms with Gasteiger partial charge in [0, 0.05) is 6.04 Å². The first-order valence-electron chi connectivity index (χ1n) is 9.87. The Morgan fingerprint density at radius 2 is 1.97 bits per heavy atom. The highest BCUT2D eigenvalue weighted by Crippen LogP contribution is 2.45. The molecule has 1 saturated heterocycles. The Bertz CT molecular complexity index is 1450. The van der Waals surface area contributed by atoms with Crippen LogP contribution in [-0.4, -0.2) is 49.0 Å². The lowest BCUT2D eigenvalue weighted by atomic mass is 9.97. The number of halogens is 1. The number of phenolic OH excluding ortho intramolecular Hbond substituents is 1. The zero-order valence-electron chi connectivity index (χ0n) is 16.9. The van der Waals surface area contributed by atoms with Crippen molar-refractivity contribution in [1.82, 2.24) is 4.90 Å². The Balaban J connectivity index is 1.79. The number of benzene rings is 2. The predicted molar refractivity (Wildman–Crippen MR) is 120 cm³/mol. The van der Waals surface area contributed by atoms with Crippen LogP contribution in [0.2, 0.25) is 0 Å². The highest BCUT2D eigenvalue weighted by molar-refractivity contribution is 9.10. The van der Waals surface area contributed by atoms with Gasteiger partial charge in [0.05, 0.1) is 40.1 Å². The Morgan fingerprint density at radius 3 is 2.66 bits per heavy atom. The molecule has 2 aromatic carbocycles. The van der Waals surface area contributed by atoms with Crippen molar-refractivity contribution in [2.45, 2.75) is 18.5 Å². The van der Waals surface area contributed by atoms with Gasteiger partial charge in [0.2, 0.25) is 5.76 Å². The first kappa shape index (κ1) is 21.0. The summed E-state index contributed by atoms with van der Waals surface area (Å²) in [6.07, 6.45) is 0.267. The second-order valence-electron chi connectivity index (χ2n) is 7.90. The number of hydrogen-bond acceptors (Lipinski definition) is 7. The van der Waals surface area contributed by atoms with Crippen LogP contribution in [0.15, 0.2) is 50.1 Å². The van der Waals surface area contributed by atoms with Gasteiger partial charge in [-0.15, -0.1) is 0 Å². The van der Waals surface area contributed by atoms with E-state index in [0.29, 0.717) is 15.4 Å². The van der Waals surface area contributed by atoms with Crippen molar-refractivity contribution in [2.75, 3.05) is 18.6 Å². The monoisotopic (exact) mass is 519 g/mol. The van der Waals surface area contributed by atoms with Gasteiger partial charge in [0.1, 0.15) is 5.58 Å². The van der Waals surface area contributed by atoms with Gasteiger partial charge >= 0.3 is 0 Å². The largest absolute Gasteiger partial charge is 0.503 e. The Morgan fingerprint density at radius 1 is 1.22 bits per heavy atom. The predicted octanol–water partition coefficient (Wildman–Crippen LogP) is 3.00. The van der Waals surface area contributed by atoms with Gasteiger partial charge in [0.15, 0.2) is 26.8 Å². The topological polar surface area (TPSA) is 114 Å². The lowest BCUT2D eigenvalue weighted by Gasteiger charge is -2.30. The van der Waals surface area contributed by atoms with Crippen molar-refractivity contribution in [2.24, 2.45) is 0 Å². The highest BCUT2D eigenvalue weighted by atomic mass is 79.9. The number of carbonyl (C=O) groups is 1. The smallest absolute Gasteiger partial charge is 0.291 e. The molecule has 0 aliphatic carbocycles. The quantitative estimate of drug-likeness (QED) is 0.565. The average molecular weight is 520 g/mol. The third-order valence-electron chi connectivity index (χ3n) is 6.00. The first-order chi connectivity index (χ1) is 15.2. The molecule has 0 saturated carbocycles. The number of rotatable bonds is 3. The molecule has 32 heavy (non-hydrogen) atoms. The van der Waals surface area contributed by atoms with Crippen molar-refractivity contribution < 1.29 is 27.5 Å². The van der Waals surface area contributed by atoms with E-state index in [1.165, 1.54) is 18.1 Å². The van der Waals surface area contributed by atoms with Crippen molar-refractivity contribution in [3.63, 3.8) is 0 Å². The first-order valence-corrected chi connectivity index (χ1v) is 12.5. The van der Waals surface area contributed by atoms with Gasteiger partial charge in [-0.2, -0.15) is 0 Å². The number of hydrogen-bond donors (Lipinski definition) is 1. The van der Waals surface area contributed by atoms with E-state index in [2.05, 4.69) is 15.9 Å². The van der Waals surface area contributed by atoms with E-state index < -0.39 is 27.8 Å². The summed E-state index contributed by atoms with van der Waals surface area (Å²) in [5.74, 6) is -0.811. The number of aromatic hydroxyl groups is 1. The molecule has 0 spiro atoms. The van der Waals surface area contributed by atoms with E-state index in [1.54, 1.807) is 30.3 Å². The fourth-order valence-corrected chi connectivity index (χ4v) is 6.71. The molecule has 0 unspecified atom stereocenters. The maximum Gasteiger partial charge on any atom is 0.291 e. The second kappa shape index (κ2) is 7.35. The third-order valence-corrected chi connectivity index (χ3v) is 8.36. The van der Waals surface area contributed by atoms with Crippen LogP contribution in [0.4, 0.5) is 0 Å². The molecule has 0 bridgehead atoms. The SMILES string of the molecule is COc1cc([C@@H]2c3c(oc4ccccc4c3=O)C(=O)N2[C@H]2CCS(=O)(=O)C2)cc(Br)c1O. The van der Waals surface area contributed by atoms with Gasteiger partial charge in [-0.3, -0.25) is 9.59 Å². The number of phenols is 1. The number of carbonyl (C=O) groups excluding carboxylic acids is 1. The van der Waals surface area contributed by atoms with Gasteiger partial charge in [-0.05, 0) is 52.2 Å². The van der Waals surface area contributed by atoms with Crippen LogP contribution in [0, 0.1) is 0 Å². The van der Waals surface area contributed by atoms with E-state index >= 15 is 0 Å². The molecule has 2 aliphatic heterocycles. The fraction of sp³-hybridized carbons (Fsp3) is 0.273. The summed E-state index contributed by atoms with van der Waals surface area (Å²) in [6.45, 7) is 0. The lowest BCUT2D eigenvalue weighted by molar-refractivity contribution is 0.0662. The van der Waals surface area contributed by atoms with Gasteiger partial charge in [-0.25, -0.2) is 8.42 Å². The third kappa shape index (κ3) is 3.12. The van der Waals surface area contributed by atoms with Crippen LogP contribution in [0.1, 0.15) is 34.1 Å². The number of para-hydroxylation sites is 1. The molecule has 2 aliphatic rings. The molecule has 3 heterocycles. The number of methoxy groups -OCH3 is 1. The van der Waals surface area contributed by atoms with Crippen molar-refractivity contribution in [3.05, 3.63) is 68.0 Å². The molecular weight excluding hydrogens is 502 g/mol. The normalized spacial score (nSPS) is 21.8. The number of amides is 1. The van der Waals surface area contributed by atoms with E-state index in [-0.39, 0.29) is 51.8 Å². The van der Waals surface area contributed by atoms with Gasteiger partial charge in [-0.1, -0.05) is 12.1 Å². The van der Waals surface area contributed by atoms with Crippen LogP contribution in [0.5, 0.6) is 11.5 Å². The maximum absolute atomic E-state index is 13.5. The number of nitrogens with zero attached hydrogens (tertiary/aromatic N) is 1. The molecular formula is C22H18BrNO7S. The van der Waals surface area contributed by atoms with Crippen LogP contribution in [-0.2, 0) is 9.84 Å². The molecule has 1 aromatic heterocycles. The highest BCUT2D eigenvalue weighted by Gasteiger charge is 2.48. The molecule has 10 heteroatoms. The summed E-state index contributed by atoms with van der Waals surface area (Å²) in [6, 6.07) is 8.29. The second-order valence-corrected chi connectivity index (χ2v) is 11.0.